The van der Waals surface area contributed by atoms with E-state index < -0.39 is 0 Å². The molecule has 1 aliphatic carbocycles. The molecule has 1 heterocycles. The molecule has 0 unspecified atom stereocenters. The lowest BCUT2D eigenvalue weighted by Crippen LogP contribution is -2.49. The van der Waals surface area contributed by atoms with Gasteiger partial charge in [-0.3, -0.25) is 0 Å². The van der Waals surface area contributed by atoms with Crippen LogP contribution < -0.4 is 5.32 Å². The standard InChI is InChI=1S/C13H24N2O2/c1-10(2)17-13(16)15-8-6-12(7-9-15)14-11-4-3-5-11/h10-12,14H,3-9H2,1-2H3. The van der Waals surface area contributed by atoms with Gasteiger partial charge in [0.25, 0.3) is 0 Å². The Kier molecular flexibility index (Phi) is 4.26. The van der Waals surface area contributed by atoms with E-state index in [2.05, 4.69) is 5.32 Å². The number of ether oxygens (including phenoxy) is 1. The summed E-state index contributed by atoms with van der Waals surface area (Å²) in [4.78, 5) is 13.5. The molecule has 0 aromatic rings. The molecule has 1 saturated heterocycles. The van der Waals surface area contributed by atoms with Crippen LogP contribution in [0.5, 0.6) is 0 Å². The first-order chi connectivity index (χ1) is 8.15. The van der Waals surface area contributed by atoms with Crippen molar-refractivity contribution in [2.75, 3.05) is 13.1 Å². The molecule has 2 rings (SSSR count). The summed E-state index contributed by atoms with van der Waals surface area (Å²) in [7, 11) is 0. The number of rotatable bonds is 3. The maximum atomic E-state index is 11.7. The van der Waals surface area contributed by atoms with Crippen molar-refractivity contribution >= 4 is 6.09 Å². The Hall–Kier alpha value is -0.770. The summed E-state index contributed by atoms with van der Waals surface area (Å²) in [6, 6.07) is 1.34. The van der Waals surface area contributed by atoms with Crippen LogP contribution in [0.15, 0.2) is 0 Å². The fraction of sp³-hybridized carbons (Fsp3) is 0.923. The molecule has 0 radical (unpaired) electrons. The Morgan fingerprint density at radius 3 is 2.24 bits per heavy atom. The number of piperidine rings is 1. The molecule has 4 heteroatoms. The monoisotopic (exact) mass is 240 g/mol. The van der Waals surface area contributed by atoms with Crippen LogP contribution in [0.2, 0.25) is 0 Å². The number of carbonyl (C=O) groups is 1. The summed E-state index contributed by atoms with van der Waals surface area (Å²) in [5.41, 5.74) is 0. The van der Waals surface area contributed by atoms with Gasteiger partial charge in [0, 0.05) is 25.2 Å². The molecule has 0 spiro atoms. The van der Waals surface area contributed by atoms with Gasteiger partial charge in [0.2, 0.25) is 0 Å². The third kappa shape index (κ3) is 3.60. The van der Waals surface area contributed by atoms with Crippen LogP contribution in [0.1, 0.15) is 46.0 Å². The number of hydrogen-bond donors (Lipinski definition) is 1. The topological polar surface area (TPSA) is 41.6 Å². The van der Waals surface area contributed by atoms with Gasteiger partial charge in [-0.15, -0.1) is 0 Å². The minimum absolute atomic E-state index is 0.0201. The molecule has 2 fully saturated rings. The molecule has 17 heavy (non-hydrogen) atoms. The van der Waals surface area contributed by atoms with Gasteiger partial charge in [0.05, 0.1) is 6.10 Å². The highest BCUT2D eigenvalue weighted by molar-refractivity contribution is 5.67. The molecule has 1 aliphatic heterocycles. The zero-order valence-electron chi connectivity index (χ0n) is 10.9. The van der Waals surface area contributed by atoms with Gasteiger partial charge < -0.3 is 15.0 Å². The van der Waals surface area contributed by atoms with Crippen LogP contribution >= 0.6 is 0 Å². The lowest BCUT2D eigenvalue weighted by atomic mass is 9.91. The van der Waals surface area contributed by atoms with Crippen molar-refractivity contribution in [1.29, 1.82) is 0 Å². The summed E-state index contributed by atoms with van der Waals surface area (Å²) in [6.07, 6.45) is 5.98. The van der Waals surface area contributed by atoms with E-state index in [1.54, 1.807) is 0 Å². The SMILES string of the molecule is CC(C)OC(=O)N1CCC(NC2CCC2)CC1. The van der Waals surface area contributed by atoms with Crippen LogP contribution in [0.25, 0.3) is 0 Å². The third-order valence-electron chi connectivity index (χ3n) is 3.67. The molecule has 1 saturated carbocycles. The predicted molar refractivity (Wildman–Crippen MR) is 67.0 cm³/mol. The van der Waals surface area contributed by atoms with Crippen LogP contribution in [0, 0.1) is 0 Å². The highest BCUT2D eigenvalue weighted by Crippen LogP contribution is 2.21. The van der Waals surface area contributed by atoms with Crippen molar-refractivity contribution in [1.82, 2.24) is 10.2 Å². The van der Waals surface area contributed by atoms with E-state index in [1.165, 1.54) is 19.3 Å². The van der Waals surface area contributed by atoms with Gasteiger partial charge >= 0.3 is 6.09 Å². The Morgan fingerprint density at radius 2 is 1.76 bits per heavy atom. The Morgan fingerprint density at radius 1 is 1.18 bits per heavy atom. The van der Waals surface area contributed by atoms with Gasteiger partial charge in [0.1, 0.15) is 0 Å². The Balaban J connectivity index is 1.67. The summed E-state index contributed by atoms with van der Waals surface area (Å²) >= 11 is 0. The number of amides is 1. The van der Waals surface area contributed by atoms with E-state index in [0.717, 1.165) is 32.0 Å². The van der Waals surface area contributed by atoms with E-state index in [0.29, 0.717) is 6.04 Å². The summed E-state index contributed by atoms with van der Waals surface area (Å²) in [5.74, 6) is 0. The van der Waals surface area contributed by atoms with Crippen LogP contribution in [0.3, 0.4) is 0 Å². The van der Waals surface area contributed by atoms with Gasteiger partial charge in [0.15, 0.2) is 0 Å². The molecular weight excluding hydrogens is 216 g/mol. The van der Waals surface area contributed by atoms with Gasteiger partial charge in [-0.05, 0) is 39.5 Å². The molecule has 1 amide bonds. The zero-order chi connectivity index (χ0) is 12.3. The quantitative estimate of drug-likeness (QED) is 0.821. The molecule has 0 atom stereocenters. The van der Waals surface area contributed by atoms with E-state index >= 15 is 0 Å². The highest BCUT2D eigenvalue weighted by Gasteiger charge is 2.27. The summed E-state index contributed by atoms with van der Waals surface area (Å²) in [6.45, 7) is 5.44. The zero-order valence-corrected chi connectivity index (χ0v) is 10.9. The largest absolute Gasteiger partial charge is 0.447 e. The smallest absolute Gasteiger partial charge is 0.410 e. The molecule has 0 aromatic heterocycles. The van der Waals surface area contributed by atoms with Crippen LogP contribution in [0.4, 0.5) is 4.79 Å². The normalized spacial score (nSPS) is 22.6. The first-order valence-electron chi connectivity index (χ1n) is 6.87. The van der Waals surface area contributed by atoms with Crippen molar-refractivity contribution in [3.05, 3.63) is 0 Å². The average molecular weight is 240 g/mol. The fourth-order valence-corrected chi connectivity index (χ4v) is 2.41. The third-order valence-corrected chi connectivity index (χ3v) is 3.67. The summed E-state index contributed by atoms with van der Waals surface area (Å²) < 4.78 is 5.20. The summed E-state index contributed by atoms with van der Waals surface area (Å²) in [5, 5.41) is 3.68. The van der Waals surface area contributed by atoms with Crippen molar-refractivity contribution in [2.45, 2.75) is 64.1 Å². The van der Waals surface area contributed by atoms with Crippen LogP contribution in [-0.4, -0.2) is 42.3 Å². The molecule has 98 valence electrons. The molecule has 0 aromatic carbocycles. The number of nitrogens with zero attached hydrogens (tertiary/aromatic N) is 1. The predicted octanol–water partition coefficient (Wildman–Crippen LogP) is 2.14. The Bertz CT molecular complexity index is 256. The van der Waals surface area contributed by atoms with Gasteiger partial charge in [-0.1, -0.05) is 6.42 Å². The lowest BCUT2D eigenvalue weighted by molar-refractivity contribution is 0.0665. The number of carbonyl (C=O) groups excluding carboxylic acids is 1. The van der Waals surface area contributed by atoms with E-state index in [-0.39, 0.29) is 12.2 Å². The van der Waals surface area contributed by atoms with Gasteiger partial charge in [-0.25, -0.2) is 4.79 Å². The Labute approximate surface area is 104 Å². The second-order valence-corrected chi connectivity index (χ2v) is 5.49. The maximum Gasteiger partial charge on any atom is 0.410 e. The molecule has 1 N–H and O–H groups in total. The van der Waals surface area contributed by atoms with E-state index in [9.17, 15) is 4.79 Å². The average Bonchev–Trinajstić information content (AvgIpc) is 2.23. The first kappa shape index (κ1) is 12.7. The number of likely N-dealkylation sites (tertiary alicyclic amines) is 1. The van der Waals surface area contributed by atoms with Crippen molar-refractivity contribution in [3.8, 4) is 0 Å². The second-order valence-electron chi connectivity index (χ2n) is 5.49. The molecule has 2 aliphatic rings. The van der Waals surface area contributed by atoms with Crippen molar-refractivity contribution in [3.63, 3.8) is 0 Å². The number of hydrogen-bond acceptors (Lipinski definition) is 3. The highest BCUT2D eigenvalue weighted by atomic mass is 16.6. The molecule has 4 nitrogen and oxygen atoms in total. The minimum atomic E-state index is -0.151. The minimum Gasteiger partial charge on any atom is -0.447 e. The van der Waals surface area contributed by atoms with E-state index in [1.807, 2.05) is 18.7 Å². The maximum absolute atomic E-state index is 11.7. The lowest BCUT2D eigenvalue weighted by Gasteiger charge is -2.36. The second kappa shape index (κ2) is 5.71. The fourth-order valence-electron chi connectivity index (χ4n) is 2.41. The molecule has 0 bridgehead atoms. The van der Waals surface area contributed by atoms with Crippen LogP contribution in [-0.2, 0) is 4.74 Å². The van der Waals surface area contributed by atoms with Gasteiger partial charge in [-0.2, -0.15) is 0 Å². The first-order valence-corrected chi connectivity index (χ1v) is 6.87. The van der Waals surface area contributed by atoms with Crippen molar-refractivity contribution < 1.29 is 9.53 Å². The molecular formula is C13H24N2O2. The van der Waals surface area contributed by atoms with E-state index in [4.69, 9.17) is 4.74 Å². The number of nitrogens with one attached hydrogen (secondary N) is 1. The van der Waals surface area contributed by atoms with Crippen molar-refractivity contribution in [2.24, 2.45) is 0 Å².